The zero-order valence-electron chi connectivity index (χ0n) is 51.6. The van der Waals surface area contributed by atoms with Gasteiger partial charge in [0.15, 0.2) is 48.9 Å². The molecule has 25 heteroatoms. The van der Waals surface area contributed by atoms with Crippen LogP contribution in [0.4, 0.5) is 0 Å². The van der Waals surface area contributed by atoms with Gasteiger partial charge in [-0.25, -0.2) is 0 Å². The molecule has 0 bridgehead atoms. The quantitative estimate of drug-likeness (QED) is 0.0412. The molecular formula is C61H90O25. The van der Waals surface area contributed by atoms with Crippen LogP contribution in [0.1, 0.15) is 150 Å². The molecule has 0 radical (unpaired) electrons. The van der Waals surface area contributed by atoms with Crippen molar-refractivity contribution in [3.63, 3.8) is 0 Å². The van der Waals surface area contributed by atoms with Crippen molar-refractivity contribution in [3.8, 4) is 17.2 Å². The van der Waals surface area contributed by atoms with Crippen molar-refractivity contribution >= 4 is 40.2 Å². The molecule has 484 valence electrons. The Morgan fingerprint density at radius 3 is 2.09 bits per heavy atom. The molecule has 0 aromatic heterocycles. The number of hydrogen-bond donors (Lipinski definition) is 7. The summed E-state index contributed by atoms with van der Waals surface area (Å²) < 4.78 is 77.7. The van der Waals surface area contributed by atoms with E-state index >= 15 is 4.79 Å². The fraction of sp³-hybridized carbons (Fsp3) is 0.754. The average molecular weight is 1220 g/mol. The van der Waals surface area contributed by atoms with Crippen molar-refractivity contribution < 1.29 is 121 Å². The summed E-state index contributed by atoms with van der Waals surface area (Å²) in [5.41, 5.74) is -0.714. The third kappa shape index (κ3) is 15.6. The standard InChI is InChI=1S/C61H90O25/c1-15-44(65)77-31(8)54(70)57(73)59(74-14)40-19-36-18-37-20-41(84-48-24-43(58(32(9)80-48)81-33(10)62)85-46-22-39(64)17-26(3)75-46)27(4)51(67)49(37)55(71)50(36)56(72)60(40)82-35(12)76-28(5)52(68)29(6)78-47-23-42(53(69)30(7)79-47)83-45(66)21-38-16-25(2)61(38,13)86-34(11)63/h18,20,25-26,28-32,35,38-40,42-43,45-48,52-54,58-60,64,66-71H,15-17,19,21-24H2,1-14H3/t25?,26?,28?,29-,30?,31-,32?,35+,38+,39+,40+,42-,43?,45+,46+,47-,48+,52-,53-,54+,58+,59+,60+,61?/m1/s1. The number of hydrogen-bond acceptors (Lipinski definition) is 25. The van der Waals surface area contributed by atoms with E-state index in [9.17, 15) is 54.9 Å². The number of Topliss-reactive ketones (excluding diaryl/α,β-unsaturated/α-hetero) is 2. The number of phenolic OH excluding ortho intramolecular Hbond substituents is 2. The molecule has 1 saturated carbocycles. The zero-order chi connectivity index (χ0) is 63.5. The van der Waals surface area contributed by atoms with Crippen LogP contribution in [0.5, 0.6) is 17.2 Å². The number of rotatable bonds is 25. The van der Waals surface area contributed by atoms with Crippen molar-refractivity contribution in [2.75, 3.05) is 7.11 Å². The Kier molecular flexibility index (Phi) is 23.1. The van der Waals surface area contributed by atoms with Crippen molar-refractivity contribution in [3.05, 3.63) is 28.8 Å². The predicted octanol–water partition coefficient (Wildman–Crippen LogP) is 4.39. The van der Waals surface area contributed by atoms with Crippen molar-refractivity contribution in [1.29, 1.82) is 0 Å². The van der Waals surface area contributed by atoms with E-state index in [4.69, 9.17) is 61.6 Å². The van der Waals surface area contributed by atoms with E-state index in [2.05, 4.69) is 0 Å². The lowest BCUT2D eigenvalue weighted by molar-refractivity contribution is -0.297. The largest absolute Gasteiger partial charge is 0.507 e. The van der Waals surface area contributed by atoms with E-state index in [0.717, 1.165) is 0 Å². The highest BCUT2D eigenvalue weighted by atomic mass is 16.7. The maximum Gasteiger partial charge on any atom is 0.305 e. The Balaban J connectivity index is 1.10. The third-order valence-corrected chi connectivity index (χ3v) is 17.6. The van der Waals surface area contributed by atoms with Crippen LogP contribution in [0, 0.1) is 24.7 Å². The highest BCUT2D eigenvalue weighted by Crippen LogP contribution is 2.50. The SMILES string of the molecule is CCC(=O)O[C@H](C)[C@H](O)C(=O)[C@@H](OC)[C@@H]1Cc2cc3cc(O[C@H]4CC(O[C@H]5C[C@@H](O)CC(C)O5)[C@@H](OC(C)=O)C(C)O4)c(C)c(O)c3c(O)c2C(=O)[C@H]1O[C@@H](C)OC(C)[C@@H](O)[C@@H](C)O[C@H]1C[C@@H](O[C@H](O)C[C@@H]2CC(C)C2(C)OC(C)=O)[C@H](O)C(C)O1. The summed E-state index contributed by atoms with van der Waals surface area (Å²) in [6.45, 7) is 20.4. The van der Waals surface area contributed by atoms with Gasteiger partial charge in [-0.3, -0.25) is 24.0 Å². The molecule has 3 heterocycles. The van der Waals surface area contributed by atoms with Crippen LogP contribution in [0.2, 0.25) is 0 Å². The first-order valence-corrected chi connectivity index (χ1v) is 29.8. The van der Waals surface area contributed by atoms with Gasteiger partial charge in [0, 0.05) is 70.5 Å². The number of carbonyl (C=O) groups is 5. The molecule has 86 heavy (non-hydrogen) atoms. The van der Waals surface area contributed by atoms with Crippen LogP contribution in [0.25, 0.3) is 10.8 Å². The van der Waals surface area contributed by atoms with Crippen LogP contribution in [0.3, 0.4) is 0 Å². The van der Waals surface area contributed by atoms with Crippen LogP contribution in [-0.2, 0) is 82.4 Å². The molecule has 3 saturated heterocycles. The summed E-state index contributed by atoms with van der Waals surface area (Å²) in [5, 5.41) is 79.6. The minimum Gasteiger partial charge on any atom is -0.507 e. The van der Waals surface area contributed by atoms with Gasteiger partial charge < -0.3 is 97.3 Å². The lowest BCUT2D eigenvalue weighted by atomic mass is 9.61. The van der Waals surface area contributed by atoms with Gasteiger partial charge in [0.05, 0.1) is 53.7 Å². The minimum absolute atomic E-state index is 0.00561. The molecule has 2 aliphatic carbocycles. The lowest BCUT2D eigenvalue weighted by Gasteiger charge is -2.52. The van der Waals surface area contributed by atoms with E-state index in [1.807, 2.05) is 20.8 Å². The van der Waals surface area contributed by atoms with E-state index in [-0.39, 0.29) is 89.7 Å². The first-order chi connectivity index (χ1) is 40.3. The summed E-state index contributed by atoms with van der Waals surface area (Å²) in [5.74, 6) is -5.87. The molecule has 24 atom stereocenters. The smallest absolute Gasteiger partial charge is 0.305 e. The Bertz CT molecular complexity index is 2690. The predicted molar refractivity (Wildman–Crippen MR) is 300 cm³/mol. The Hall–Kier alpha value is -4.71. The second-order valence-corrected chi connectivity index (χ2v) is 24.1. The van der Waals surface area contributed by atoms with E-state index in [1.54, 1.807) is 27.7 Å². The molecule has 4 fully saturated rings. The molecule has 0 spiro atoms. The summed E-state index contributed by atoms with van der Waals surface area (Å²) in [6.07, 6.45) is -20.9. The van der Waals surface area contributed by atoms with Gasteiger partial charge in [-0.15, -0.1) is 0 Å². The Labute approximate surface area is 501 Å². The van der Waals surface area contributed by atoms with Crippen molar-refractivity contribution in [1.82, 2.24) is 0 Å². The molecule has 7 rings (SSSR count). The van der Waals surface area contributed by atoms with Gasteiger partial charge in [0.25, 0.3) is 0 Å². The van der Waals surface area contributed by atoms with Crippen molar-refractivity contribution in [2.24, 2.45) is 17.8 Å². The van der Waals surface area contributed by atoms with Crippen LogP contribution >= 0.6 is 0 Å². The van der Waals surface area contributed by atoms with Crippen LogP contribution in [0.15, 0.2) is 12.1 Å². The summed E-state index contributed by atoms with van der Waals surface area (Å²) in [7, 11) is 1.19. The van der Waals surface area contributed by atoms with Gasteiger partial charge in [0.2, 0.25) is 6.29 Å². The van der Waals surface area contributed by atoms with Gasteiger partial charge in [-0.1, -0.05) is 13.8 Å². The summed E-state index contributed by atoms with van der Waals surface area (Å²) >= 11 is 0. The number of aliphatic hydroxyl groups excluding tert-OH is 5. The van der Waals surface area contributed by atoms with Gasteiger partial charge in [-0.05, 0) is 111 Å². The number of aromatic hydroxyl groups is 2. The Morgan fingerprint density at radius 1 is 0.791 bits per heavy atom. The average Bonchev–Trinajstić information content (AvgIpc) is 1.15. The molecule has 2 aromatic rings. The number of methoxy groups -OCH3 is 1. The molecule has 2 aromatic carbocycles. The monoisotopic (exact) mass is 1220 g/mol. The lowest BCUT2D eigenvalue weighted by Crippen LogP contribution is -2.56. The normalized spacial score (nSPS) is 34.0. The molecule has 0 amide bonds. The number of ketones is 2. The fourth-order valence-electron chi connectivity index (χ4n) is 12.7. The van der Waals surface area contributed by atoms with Gasteiger partial charge in [-0.2, -0.15) is 0 Å². The minimum atomic E-state index is -1.93. The number of phenols is 2. The number of esters is 3. The number of fused-ring (bicyclic) bond motifs is 2. The third-order valence-electron chi connectivity index (χ3n) is 17.6. The second kappa shape index (κ2) is 28.8. The second-order valence-electron chi connectivity index (χ2n) is 24.1. The maximum absolute atomic E-state index is 15.1. The number of aliphatic hydroxyl groups is 5. The van der Waals surface area contributed by atoms with E-state index < -0.39 is 169 Å². The molecule has 25 nitrogen and oxygen atoms in total. The highest BCUT2D eigenvalue weighted by Gasteiger charge is 2.54. The van der Waals surface area contributed by atoms with E-state index in [0.29, 0.717) is 12.8 Å². The highest BCUT2D eigenvalue weighted by molar-refractivity contribution is 6.11. The first-order valence-electron chi connectivity index (χ1n) is 29.8. The molecule has 7 N–H and O–H groups in total. The van der Waals surface area contributed by atoms with Crippen molar-refractivity contribution in [2.45, 2.75) is 270 Å². The van der Waals surface area contributed by atoms with Crippen LogP contribution < -0.4 is 4.74 Å². The molecule has 3 aliphatic heterocycles. The fourth-order valence-corrected chi connectivity index (χ4v) is 12.7. The first kappa shape index (κ1) is 68.8. The molecule has 5 aliphatic rings. The van der Waals surface area contributed by atoms with E-state index in [1.165, 1.54) is 60.8 Å². The molecular weight excluding hydrogens is 1130 g/mol. The number of ether oxygens (including phenoxy) is 13. The summed E-state index contributed by atoms with van der Waals surface area (Å²) in [6, 6.07) is 3.06. The topological polar surface area (TPSA) is 347 Å². The van der Waals surface area contributed by atoms with Gasteiger partial charge >= 0.3 is 17.9 Å². The number of carbonyl (C=O) groups excluding carboxylic acids is 5. The zero-order valence-corrected chi connectivity index (χ0v) is 51.6. The molecule has 7 unspecified atom stereocenters. The number of benzene rings is 2. The van der Waals surface area contributed by atoms with Crippen LogP contribution in [-0.4, -0.2) is 201 Å². The summed E-state index contributed by atoms with van der Waals surface area (Å²) in [4.78, 5) is 65.7. The Morgan fingerprint density at radius 2 is 1.47 bits per heavy atom. The maximum atomic E-state index is 15.1. The van der Waals surface area contributed by atoms with Gasteiger partial charge in [0.1, 0.15) is 59.5 Å².